The molecule has 1 atom stereocenters. The number of carbonyl (C=O) groups is 2. The van der Waals surface area contributed by atoms with Gasteiger partial charge < -0.3 is 15.0 Å². The van der Waals surface area contributed by atoms with E-state index in [1.165, 1.54) is 11.3 Å². The van der Waals surface area contributed by atoms with Crippen LogP contribution in [0.5, 0.6) is 0 Å². The number of likely N-dealkylation sites (tertiary alicyclic amines) is 1. The van der Waals surface area contributed by atoms with Gasteiger partial charge in [0.2, 0.25) is 5.91 Å². The van der Waals surface area contributed by atoms with Crippen molar-refractivity contribution in [3.05, 3.63) is 52.7 Å². The molecule has 2 aliphatic heterocycles. The normalized spacial score (nSPS) is 21.7. The molecule has 0 bridgehead atoms. The number of thiophene rings is 1. The number of hydrogen-bond acceptors (Lipinski definition) is 4. The average Bonchev–Trinajstić information content (AvgIpc) is 3.31. The maximum Gasteiger partial charge on any atom is 0.254 e. The van der Waals surface area contributed by atoms with Crippen LogP contribution in [0.25, 0.3) is 0 Å². The van der Waals surface area contributed by atoms with E-state index in [4.69, 9.17) is 4.74 Å². The molecule has 3 heterocycles. The minimum atomic E-state index is -0.214. The molecular formula is C20H22N2O3S. The number of rotatable bonds is 3. The van der Waals surface area contributed by atoms with Crippen molar-refractivity contribution in [3.63, 3.8) is 0 Å². The van der Waals surface area contributed by atoms with Gasteiger partial charge in [0, 0.05) is 42.8 Å². The summed E-state index contributed by atoms with van der Waals surface area (Å²) in [6.45, 7) is 2.39. The zero-order valence-electron chi connectivity index (χ0n) is 14.5. The first kappa shape index (κ1) is 17.2. The van der Waals surface area contributed by atoms with Gasteiger partial charge in [-0.05, 0) is 36.4 Å². The molecule has 136 valence electrons. The van der Waals surface area contributed by atoms with Crippen LogP contribution in [0, 0.1) is 11.3 Å². The highest BCUT2D eigenvalue weighted by Gasteiger charge is 2.51. The molecule has 2 fully saturated rings. The highest BCUT2D eigenvalue weighted by Crippen LogP contribution is 2.45. The lowest BCUT2D eigenvalue weighted by Crippen LogP contribution is -2.42. The van der Waals surface area contributed by atoms with Crippen molar-refractivity contribution in [2.45, 2.75) is 12.8 Å². The second kappa shape index (κ2) is 7.21. The average molecular weight is 370 g/mol. The largest absolute Gasteiger partial charge is 0.381 e. The molecular weight excluding hydrogens is 348 g/mol. The van der Waals surface area contributed by atoms with E-state index in [0.717, 1.165) is 18.5 Å². The number of anilines is 1. The van der Waals surface area contributed by atoms with Gasteiger partial charge in [-0.25, -0.2) is 0 Å². The van der Waals surface area contributed by atoms with E-state index in [0.29, 0.717) is 31.9 Å². The first-order chi connectivity index (χ1) is 12.7. The summed E-state index contributed by atoms with van der Waals surface area (Å²) < 4.78 is 5.54. The van der Waals surface area contributed by atoms with E-state index >= 15 is 0 Å². The Hall–Kier alpha value is -2.18. The Balaban J connectivity index is 1.56. The van der Waals surface area contributed by atoms with E-state index < -0.39 is 0 Å². The van der Waals surface area contributed by atoms with Crippen LogP contribution in [-0.2, 0) is 9.53 Å². The lowest BCUT2D eigenvalue weighted by atomic mass is 9.71. The number of ether oxygens (including phenoxy) is 1. The van der Waals surface area contributed by atoms with Crippen LogP contribution in [-0.4, -0.2) is 43.0 Å². The minimum Gasteiger partial charge on any atom is -0.381 e. The molecule has 26 heavy (non-hydrogen) atoms. The van der Waals surface area contributed by atoms with Gasteiger partial charge >= 0.3 is 0 Å². The molecule has 0 saturated carbocycles. The van der Waals surface area contributed by atoms with Gasteiger partial charge in [-0.3, -0.25) is 9.59 Å². The molecule has 1 aromatic carbocycles. The molecule has 1 aromatic heterocycles. The summed E-state index contributed by atoms with van der Waals surface area (Å²) >= 11 is 1.52. The second-order valence-electron chi connectivity index (χ2n) is 7.08. The summed E-state index contributed by atoms with van der Waals surface area (Å²) in [5.74, 6) is -0.194. The quantitative estimate of drug-likeness (QED) is 0.902. The van der Waals surface area contributed by atoms with E-state index in [9.17, 15) is 9.59 Å². The molecule has 6 heteroatoms. The summed E-state index contributed by atoms with van der Waals surface area (Å²) in [6.07, 6.45) is 1.63. The van der Waals surface area contributed by atoms with Gasteiger partial charge in [0.25, 0.3) is 5.91 Å². The molecule has 2 aliphatic rings. The molecule has 4 rings (SSSR count). The number of nitrogens with one attached hydrogen (secondary N) is 1. The highest BCUT2D eigenvalue weighted by molar-refractivity contribution is 7.08. The third-order valence-electron chi connectivity index (χ3n) is 5.55. The van der Waals surface area contributed by atoms with Gasteiger partial charge in [-0.2, -0.15) is 11.3 Å². The molecule has 0 aliphatic carbocycles. The Bertz CT molecular complexity index is 770. The molecule has 1 unspecified atom stereocenters. The molecule has 2 saturated heterocycles. The number of hydrogen-bond donors (Lipinski definition) is 1. The third-order valence-corrected chi connectivity index (χ3v) is 6.23. The Morgan fingerprint density at radius 2 is 1.92 bits per heavy atom. The zero-order valence-corrected chi connectivity index (χ0v) is 15.3. The molecule has 2 amide bonds. The SMILES string of the molecule is O=C(Nc1ccccc1)C1CN(C(=O)c2ccsc2)CC12CCOCC2. The lowest BCUT2D eigenvalue weighted by molar-refractivity contribution is -0.124. The van der Waals surface area contributed by atoms with Crippen LogP contribution in [0.1, 0.15) is 23.2 Å². The van der Waals surface area contributed by atoms with Crippen LogP contribution >= 0.6 is 11.3 Å². The van der Waals surface area contributed by atoms with Gasteiger partial charge in [0.05, 0.1) is 11.5 Å². The van der Waals surface area contributed by atoms with Crippen molar-refractivity contribution in [1.82, 2.24) is 4.90 Å². The van der Waals surface area contributed by atoms with E-state index in [-0.39, 0.29) is 23.1 Å². The summed E-state index contributed by atoms with van der Waals surface area (Å²) in [4.78, 5) is 27.7. The van der Waals surface area contributed by atoms with Crippen molar-refractivity contribution in [2.24, 2.45) is 11.3 Å². The maximum absolute atomic E-state index is 13.1. The predicted octanol–water partition coefficient (Wildman–Crippen LogP) is 3.26. The molecule has 1 N–H and O–H groups in total. The maximum atomic E-state index is 13.1. The fraction of sp³-hybridized carbons (Fsp3) is 0.400. The Labute approximate surface area is 157 Å². The van der Waals surface area contributed by atoms with E-state index in [1.807, 2.05) is 52.1 Å². The number of para-hydroxylation sites is 1. The molecule has 1 spiro atoms. The molecule has 5 nitrogen and oxygen atoms in total. The van der Waals surface area contributed by atoms with Gasteiger partial charge in [-0.1, -0.05) is 18.2 Å². The first-order valence-electron chi connectivity index (χ1n) is 8.93. The van der Waals surface area contributed by atoms with E-state index in [2.05, 4.69) is 5.32 Å². The monoisotopic (exact) mass is 370 g/mol. The Morgan fingerprint density at radius 3 is 2.62 bits per heavy atom. The summed E-state index contributed by atoms with van der Waals surface area (Å²) in [5.41, 5.74) is 1.31. The Morgan fingerprint density at radius 1 is 1.15 bits per heavy atom. The van der Waals surface area contributed by atoms with Crippen LogP contribution in [0.4, 0.5) is 5.69 Å². The van der Waals surface area contributed by atoms with Crippen molar-refractivity contribution in [3.8, 4) is 0 Å². The summed E-state index contributed by atoms with van der Waals surface area (Å²) in [6, 6.07) is 11.4. The number of carbonyl (C=O) groups excluding carboxylic acids is 2. The lowest BCUT2D eigenvalue weighted by Gasteiger charge is -2.37. The standard InChI is InChI=1S/C20H22N2O3S/c23-18(21-16-4-2-1-3-5-16)17-12-22(19(24)15-6-11-26-13-15)14-20(17)7-9-25-10-8-20/h1-6,11,13,17H,7-10,12,14H2,(H,21,23). The predicted molar refractivity (Wildman–Crippen MR) is 101 cm³/mol. The highest BCUT2D eigenvalue weighted by atomic mass is 32.1. The van der Waals surface area contributed by atoms with Gasteiger partial charge in [-0.15, -0.1) is 0 Å². The van der Waals surface area contributed by atoms with Crippen LogP contribution < -0.4 is 5.32 Å². The Kier molecular flexibility index (Phi) is 4.78. The third kappa shape index (κ3) is 3.27. The van der Waals surface area contributed by atoms with Crippen molar-refractivity contribution >= 4 is 28.8 Å². The fourth-order valence-corrected chi connectivity index (χ4v) is 4.72. The van der Waals surface area contributed by atoms with Crippen molar-refractivity contribution in [2.75, 3.05) is 31.6 Å². The summed E-state index contributed by atoms with van der Waals surface area (Å²) in [5, 5.41) is 6.82. The van der Waals surface area contributed by atoms with Crippen LogP contribution in [0.15, 0.2) is 47.2 Å². The van der Waals surface area contributed by atoms with Gasteiger partial charge in [0.1, 0.15) is 0 Å². The fourth-order valence-electron chi connectivity index (χ4n) is 4.09. The van der Waals surface area contributed by atoms with Crippen LogP contribution in [0.3, 0.4) is 0 Å². The second-order valence-corrected chi connectivity index (χ2v) is 7.86. The van der Waals surface area contributed by atoms with E-state index in [1.54, 1.807) is 0 Å². The van der Waals surface area contributed by atoms with Crippen LogP contribution in [0.2, 0.25) is 0 Å². The zero-order chi connectivity index (χ0) is 18.0. The number of amides is 2. The molecule has 0 radical (unpaired) electrons. The first-order valence-corrected chi connectivity index (χ1v) is 9.87. The smallest absolute Gasteiger partial charge is 0.254 e. The van der Waals surface area contributed by atoms with Crippen molar-refractivity contribution < 1.29 is 14.3 Å². The topological polar surface area (TPSA) is 58.6 Å². The van der Waals surface area contributed by atoms with Crippen molar-refractivity contribution in [1.29, 1.82) is 0 Å². The minimum absolute atomic E-state index is 0.00119. The number of nitrogens with zero attached hydrogens (tertiary/aromatic N) is 1. The summed E-state index contributed by atoms with van der Waals surface area (Å²) in [7, 11) is 0. The molecule has 2 aromatic rings. The number of benzene rings is 1. The van der Waals surface area contributed by atoms with Gasteiger partial charge in [0.15, 0.2) is 0 Å².